The zero-order chi connectivity index (χ0) is 19.1. The number of methoxy groups -OCH3 is 2. The van der Waals surface area contributed by atoms with E-state index < -0.39 is 0 Å². The molecule has 0 aliphatic rings. The fraction of sp³-hybridized carbons (Fsp3) is 0.150. The molecule has 0 fully saturated rings. The molecule has 0 bridgehead atoms. The van der Waals surface area contributed by atoms with Crippen LogP contribution in [0.2, 0.25) is 0 Å². The summed E-state index contributed by atoms with van der Waals surface area (Å²) in [5, 5.41) is 6.03. The van der Waals surface area contributed by atoms with E-state index in [-0.39, 0.29) is 5.91 Å². The van der Waals surface area contributed by atoms with Crippen LogP contribution in [0.1, 0.15) is 15.9 Å². The number of aromatic nitrogens is 2. The molecule has 0 spiro atoms. The lowest BCUT2D eigenvalue weighted by atomic mass is 10.2. The number of benzene rings is 1. The molecular formula is C20H20N4O3. The van der Waals surface area contributed by atoms with Gasteiger partial charge < -0.3 is 20.1 Å². The molecule has 7 heteroatoms. The number of anilines is 2. The van der Waals surface area contributed by atoms with E-state index in [4.69, 9.17) is 9.47 Å². The molecule has 0 radical (unpaired) electrons. The molecule has 0 aliphatic carbocycles. The maximum absolute atomic E-state index is 12.5. The number of nitrogens with zero attached hydrogens (tertiary/aromatic N) is 2. The standard InChI is InChI=1S/C20H20N4O3/c1-26-17-9-15(10-18(11-17)27-2)20(25)24-19-4-3-16(13-23-19)22-12-14-5-7-21-8-6-14/h3-11,13,22H,12H2,1-2H3,(H,23,24,25). The molecule has 2 aromatic heterocycles. The molecule has 1 amide bonds. The molecule has 27 heavy (non-hydrogen) atoms. The second-order valence-electron chi connectivity index (χ2n) is 5.70. The van der Waals surface area contributed by atoms with Gasteiger partial charge in [-0.3, -0.25) is 9.78 Å². The predicted molar refractivity (Wildman–Crippen MR) is 103 cm³/mol. The summed E-state index contributed by atoms with van der Waals surface area (Å²) >= 11 is 0. The molecule has 0 unspecified atom stereocenters. The van der Waals surface area contributed by atoms with E-state index in [1.807, 2.05) is 18.2 Å². The number of hydrogen-bond donors (Lipinski definition) is 2. The van der Waals surface area contributed by atoms with Crippen LogP contribution in [-0.2, 0) is 6.54 Å². The fourth-order valence-electron chi connectivity index (χ4n) is 2.40. The average molecular weight is 364 g/mol. The normalized spacial score (nSPS) is 10.1. The van der Waals surface area contributed by atoms with E-state index in [1.54, 1.807) is 42.9 Å². The van der Waals surface area contributed by atoms with E-state index in [1.165, 1.54) is 14.2 Å². The molecule has 1 aromatic carbocycles. The smallest absolute Gasteiger partial charge is 0.257 e. The summed E-state index contributed by atoms with van der Waals surface area (Å²) in [6.45, 7) is 0.666. The van der Waals surface area contributed by atoms with Crippen LogP contribution < -0.4 is 20.1 Å². The molecule has 0 aliphatic heterocycles. The third kappa shape index (κ3) is 4.94. The molecule has 0 saturated carbocycles. The Morgan fingerprint density at radius 2 is 1.70 bits per heavy atom. The summed E-state index contributed by atoms with van der Waals surface area (Å²) in [5.74, 6) is 1.25. The van der Waals surface area contributed by atoms with E-state index >= 15 is 0 Å². The number of amides is 1. The number of carbonyl (C=O) groups is 1. The number of ether oxygens (including phenoxy) is 2. The quantitative estimate of drug-likeness (QED) is 0.669. The van der Waals surface area contributed by atoms with Gasteiger partial charge in [0.25, 0.3) is 5.91 Å². The van der Waals surface area contributed by atoms with Gasteiger partial charge in [-0.2, -0.15) is 0 Å². The topological polar surface area (TPSA) is 85.4 Å². The lowest BCUT2D eigenvalue weighted by Gasteiger charge is -2.10. The summed E-state index contributed by atoms with van der Waals surface area (Å²) < 4.78 is 10.4. The highest BCUT2D eigenvalue weighted by Gasteiger charge is 2.11. The van der Waals surface area contributed by atoms with E-state index in [9.17, 15) is 4.79 Å². The molecule has 7 nitrogen and oxygen atoms in total. The minimum Gasteiger partial charge on any atom is -0.497 e. The van der Waals surface area contributed by atoms with Crippen LogP contribution in [0.25, 0.3) is 0 Å². The summed E-state index contributed by atoms with van der Waals surface area (Å²) in [7, 11) is 3.07. The van der Waals surface area contributed by atoms with Crippen molar-refractivity contribution in [3.8, 4) is 11.5 Å². The summed E-state index contributed by atoms with van der Waals surface area (Å²) in [5.41, 5.74) is 2.40. The zero-order valence-electron chi connectivity index (χ0n) is 15.1. The Morgan fingerprint density at radius 3 is 2.30 bits per heavy atom. The summed E-state index contributed by atoms with van der Waals surface area (Å²) in [4.78, 5) is 20.7. The van der Waals surface area contributed by atoms with Crippen molar-refractivity contribution >= 4 is 17.4 Å². The Bertz CT molecular complexity index is 877. The zero-order valence-corrected chi connectivity index (χ0v) is 15.1. The predicted octanol–water partition coefficient (Wildman–Crippen LogP) is 3.36. The summed E-state index contributed by atoms with van der Waals surface area (Å²) in [6, 6.07) is 12.5. The number of rotatable bonds is 7. The Labute approximate surface area is 157 Å². The van der Waals surface area contributed by atoms with Gasteiger partial charge in [-0.25, -0.2) is 4.98 Å². The molecular weight excluding hydrogens is 344 g/mol. The third-order valence-electron chi connectivity index (χ3n) is 3.86. The van der Waals surface area contributed by atoms with Gasteiger partial charge in [-0.1, -0.05) is 0 Å². The van der Waals surface area contributed by atoms with Crippen LogP contribution in [0.3, 0.4) is 0 Å². The van der Waals surface area contributed by atoms with Gasteiger partial charge in [-0.05, 0) is 42.0 Å². The second-order valence-corrected chi connectivity index (χ2v) is 5.70. The van der Waals surface area contributed by atoms with Crippen molar-refractivity contribution in [2.45, 2.75) is 6.54 Å². The van der Waals surface area contributed by atoms with Gasteiger partial charge in [0.1, 0.15) is 17.3 Å². The Balaban J connectivity index is 1.63. The number of pyridine rings is 2. The van der Waals surface area contributed by atoms with Crippen LogP contribution in [-0.4, -0.2) is 30.1 Å². The number of hydrogen-bond acceptors (Lipinski definition) is 6. The first-order valence-corrected chi connectivity index (χ1v) is 8.31. The summed E-state index contributed by atoms with van der Waals surface area (Å²) in [6.07, 6.45) is 5.17. The van der Waals surface area contributed by atoms with Crippen LogP contribution in [0.4, 0.5) is 11.5 Å². The molecule has 0 saturated heterocycles. The maximum Gasteiger partial charge on any atom is 0.257 e. The van der Waals surface area contributed by atoms with Gasteiger partial charge in [-0.15, -0.1) is 0 Å². The Morgan fingerprint density at radius 1 is 1.00 bits per heavy atom. The Hall–Kier alpha value is -3.61. The first kappa shape index (κ1) is 18.2. The van der Waals surface area contributed by atoms with Crippen LogP contribution in [0.15, 0.2) is 61.1 Å². The van der Waals surface area contributed by atoms with Crippen molar-refractivity contribution in [1.29, 1.82) is 0 Å². The second kappa shape index (κ2) is 8.66. The highest BCUT2D eigenvalue weighted by atomic mass is 16.5. The van der Waals surface area contributed by atoms with Gasteiger partial charge in [0, 0.05) is 30.6 Å². The highest BCUT2D eigenvalue weighted by molar-refractivity contribution is 6.04. The van der Waals surface area contributed by atoms with Gasteiger partial charge >= 0.3 is 0 Å². The fourth-order valence-corrected chi connectivity index (χ4v) is 2.40. The van der Waals surface area contributed by atoms with E-state index in [2.05, 4.69) is 20.6 Å². The van der Waals surface area contributed by atoms with E-state index in [0.29, 0.717) is 29.4 Å². The molecule has 3 rings (SSSR count). The Kier molecular flexibility index (Phi) is 5.84. The van der Waals surface area contributed by atoms with Crippen molar-refractivity contribution in [2.75, 3.05) is 24.9 Å². The minimum atomic E-state index is -0.294. The SMILES string of the molecule is COc1cc(OC)cc(C(=O)Nc2ccc(NCc3ccncc3)cn2)c1. The maximum atomic E-state index is 12.5. The molecule has 3 aromatic rings. The van der Waals surface area contributed by atoms with Gasteiger partial charge in [0.05, 0.1) is 26.1 Å². The number of carbonyl (C=O) groups excluding carboxylic acids is 1. The lowest BCUT2D eigenvalue weighted by molar-refractivity contribution is 0.102. The largest absolute Gasteiger partial charge is 0.497 e. The minimum absolute atomic E-state index is 0.294. The van der Waals surface area contributed by atoms with Crippen LogP contribution in [0, 0.1) is 0 Å². The van der Waals surface area contributed by atoms with Crippen molar-refractivity contribution < 1.29 is 14.3 Å². The highest BCUT2D eigenvalue weighted by Crippen LogP contribution is 2.23. The first-order valence-electron chi connectivity index (χ1n) is 8.31. The number of nitrogens with one attached hydrogen (secondary N) is 2. The molecule has 0 atom stereocenters. The third-order valence-corrected chi connectivity index (χ3v) is 3.86. The van der Waals surface area contributed by atoms with Crippen LogP contribution in [0.5, 0.6) is 11.5 Å². The first-order chi connectivity index (χ1) is 13.2. The molecule has 2 heterocycles. The monoisotopic (exact) mass is 364 g/mol. The van der Waals surface area contributed by atoms with Crippen molar-refractivity contribution in [3.63, 3.8) is 0 Å². The average Bonchev–Trinajstić information content (AvgIpc) is 2.73. The van der Waals surface area contributed by atoms with Crippen molar-refractivity contribution in [2.24, 2.45) is 0 Å². The van der Waals surface area contributed by atoms with Crippen molar-refractivity contribution in [3.05, 3.63) is 72.2 Å². The lowest BCUT2D eigenvalue weighted by Crippen LogP contribution is -2.13. The van der Waals surface area contributed by atoms with Gasteiger partial charge in [0.2, 0.25) is 0 Å². The van der Waals surface area contributed by atoms with Crippen molar-refractivity contribution in [1.82, 2.24) is 9.97 Å². The molecule has 2 N–H and O–H groups in total. The van der Waals surface area contributed by atoms with E-state index in [0.717, 1.165) is 11.3 Å². The molecule has 138 valence electrons. The van der Waals surface area contributed by atoms with Crippen LogP contribution >= 0.6 is 0 Å². The van der Waals surface area contributed by atoms with Gasteiger partial charge in [0.15, 0.2) is 0 Å².